The van der Waals surface area contributed by atoms with Gasteiger partial charge in [0.25, 0.3) is 0 Å². The van der Waals surface area contributed by atoms with Crippen molar-refractivity contribution in [3.8, 4) is 0 Å². The summed E-state index contributed by atoms with van der Waals surface area (Å²) in [5.41, 5.74) is -0.263. The maximum absolute atomic E-state index is 11.9. The number of carbonyl (C=O) groups excluding carboxylic acids is 1. The van der Waals surface area contributed by atoms with Crippen LogP contribution in [0.1, 0.15) is 43.1 Å². The number of ether oxygens (including phenoxy) is 2. The monoisotopic (exact) mass is 265 g/mol. The third kappa shape index (κ3) is 3.97. The first-order chi connectivity index (χ1) is 8.96. The van der Waals surface area contributed by atoms with E-state index in [1.807, 2.05) is 20.8 Å². The fourth-order valence-electron chi connectivity index (χ4n) is 1.72. The first-order valence-corrected chi connectivity index (χ1v) is 6.33. The summed E-state index contributed by atoms with van der Waals surface area (Å²) in [4.78, 5) is 20.4. The quantitative estimate of drug-likeness (QED) is 0.807. The fraction of sp³-hybridized carbons (Fsp3) is 0.615. The van der Waals surface area contributed by atoms with Gasteiger partial charge in [-0.05, 0) is 26.8 Å². The summed E-state index contributed by atoms with van der Waals surface area (Å²) in [5, 5.41) is 3.25. The first kappa shape index (κ1) is 13.9. The van der Waals surface area contributed by atoms with Crippen LogP contribution >= 0.6 is 0 Å². The predicted molar refractivity (Wildman–Crippen MR) is 68.8 cm³/mol. The summed E-state index contributed by atoms with van der Waals surface area (Å²) in [7, 11) is 0. The number of nitrogens with zero attached hydrogens (tertiary/aromatic N) is 2. The highest BCUT2D eigenvalue weighted by molar-refractivity contribution is 5.87. The van der Waals surface area contributed by atoms with Crippen LogP contribution in [0.5, 0.6) is 0 Å². The molecule has 0 saturated carbocycles. The number of aromatic nitrogens is 2. The minimum absolute atomic E-state index is 0.0730. The molecule has 6 nitrogen and oxygen atoms in total. The molecule has 0 bridgehead atoms. The van der Waals surface area contributed by atoms with Gasteiger partial charge in [-0.1, -0.05) is 0 Å². The van der Waals surface area contributed by atoms with Crippen molar-refractivity contribution in [2.75, 3.05) is 19.8 Å². The lowest BCUT2D eigenvalue weighted by Gasteiger charge is -2.23. The lowest BCUT2D eigenvalue weighted by Crippen LogP contribution is -2.36. The summed E-state index contributed by atoms with van der Waals surface area (Å²) in [6, 6.07) is 1.48. The van der Waals surface area contributed by atoms with Crippen LogP contribution in [0.4, 0.5) is 0 Å². The molecule has 6 heteroatoms. The lowest BCUT2D eigenvalue weighted by molar-refractivity contribution is 0.00613. The lowest BCUT2D eigenvalue weighted by atomic mass is 10.2. The molecule has 0 spiro atoms. The van der Waals surface area contributed by atoms with E-state index in [4.69, 9.17) is 9.47 Å². The van der Waals surface area contributed by atoms with Crippen LogP contribution < -0.4 is 5.32 Å². The van der Waals surface area contributed by atoms with Crippen LogP contribution in [0.25, 0.3) is 0 Å². The molecule has 1 aliphatic rings. The summed E-state index contributed by atoms with van der Waals surface area (Å²) in [6.07, 6.45) is 1.57. The summed E-state index contributed by atoms with van der Waals surface area (Å²) in [5.74, 6) is 0.121. The van der Waals surface area contributed by atoms with Crippen molar-refractivity contribution in [3.63, 3.8) is 0 Å². The Labute approximate surface area is 112 Å². The Morgan fingerprint density at radius 3 is 2.95 bits per heavy atom. The van der Waals surface area contributed by atoms with Gasteiger partial charge in [0, 0.05) is 12.7 Å². The maximum atomic E-state index is 11.9. The standard InChI is InChI=1S/C13H19N3O3/c1-13(2,3)19-12(17)9-4-5-15-11(16-9)10-8-18-7-6-14-10/h4-5,10,14H,6-8H2,1-3H3. The van der Waals surface area contributed by atoms with Crippen LogP contribution in [0, 0.1) is 0 Å². The third-order valence-electron chi connectivity index (χ3n) is 2.52. The molecule has 1 aliphatic heterocycles. The van der Waals surface area contributed by atoms with Gasteiger partial charge in [0.15, 0.2) is 5.69 Å². The highest BCUT2D eigenvalue weighted by atomic mass is 16.6. The highest BCUT2D eigenvalue weighted by Gasteiger charge is 2.22. The van der Waals surface area contributed by atoms with E-state index in [2.05, 4.69) is 15.3 Å². The van der Waals surface area contributed by atoms with Crippen molar-refractivity contribution >= 4 is 5.97 Å². The van der Waals surface area contributed by atoms with E-state index in [1.165, 1.54) is 0 Å². The molecule has 0 aromatic carbocycles. The van der Waals surface area contributed by atoms with Gasteiger partial charge in [0.2, 0.25) is 0 Å². The minimum atomic E-state index is -0.533. The van der Waals surface area contributed by atoms with Gasteiger partial charge < -0.3 is 14.8 Å². The zero-order valence-corrected chi connectivity index (χ0v) is 11.5. The molecule has 0 aliphatic carbocycles. The molecule has 1 fully saturated rings. The van der Waals surface area contributed by atoms with E-state index in [-0.39, 0.29) is 11.7 Å². The maximum Gasteiger partial charge on any atom is 0.357 e. The molecule has 1 unspecified atom stereocenters. The zero-order chi connectivity index (χ0) is 13.9. The Balaban J connectivity index is 2.12. The number of esters is 1. The molecule has 0 amide bonds. The molecular formula is C13H19N3O3. The topological polar surface area (TPSA) is 73.3 Å². The number of morpholine rings is 1. The van der Waals surface area contributed by atoms with E-state index >= 15 is 0 Å². The Hall–Kier alpha value is -1.53. The molecule has 2 rings (SSSR count). The number of carbonyl (C=O) groups is 1. The van der Waals surface area contributed by atoms with Gasteiger partial charge >= 0.3 is 5.97 Å². The second kappa shape index (κ2) is 5.63. The van der Waals surface area contributed by atoms with Crippen LogP contribution in [0.3, 0.4) is 0 Å². The van der Waals surface area contributed by atoms with Gasteiger partial charge in [-0.15, -0.1) is 0 Å². The van der Waals surface area contributed by atoms with Gasteiger partial charge in [-0.2, -0.15) is 0 Å². The van der Waals surface area contributed by atoms with Crippen molar-refractivity contribution in [1.29, 1.82) is 0 Å². The summed E-state index contributed by atoms with van der Waals surface area (Å²) in [6.45, 7) is 7.42. The molecule has 1 saturated heterocycles. The van der Waals surface area contributed by atoms with E-state index < -0.39 is 11.6 Å². The number of hydrogen-bond donors (Lipinski definition) is 1. The van der Waals surface area contributed by atoms with Crippen LogP contribution in [-0.2, 0) is 9.47 Å². The number of rotatable bonds is 2. The van der Waals surface area contributed by atoms with E-state index in [0.29, 0.717) is 19.0 Å². The molecule has 104 valence electrons. The molecule has 1 atom stereocenters. The van der Waals surface area contributed by atoms with Crippen LogP contribution in [0.15, 0.2) is 12.3 Å². The van der Waals surface area contributed by atoms with Crippen molar-refractivity contribution < 1.29 is 14.3 Å². The van der Waals surface area contributed by atoms with Gasteiger partial charge in [0.1, 0.15) is 11.4 Å². The molecule has 1 aromatic heterocycles. The van der Waals surface area contributed by atoms with Gasteiger partial charge in [0.05, 0.1) is 19.3 Å². The first-order valence-electron chi connectivity index (χ1n) is 6.33. The minimum Gasteiger partial charge on any atom is -0.455 e. The number of hydrogen-bond acceptors (Lipinski definition) is 6. The molecule has 1 aromatic rings. The van der Waals surface area contributed by atoms with Crippen LogP contribution in [-0.4, -0.2) is 41.3 Å². The normalized spacial score (nSPS) is 20.1. The summed E-state index contributed by atoms with van der Waals surface area (Å²) >= 11 is 0. The zero-order valence-electron chi connectivity index (χ0n) is 11.5. The smallest absolute Gasteiger partial charge is 0.357 e. The van der Waals surface area contributed by atoms with Gasteiger partial charge in [-0.3, -0.25) is 0 Å². The Morgan fingerprint density at radius 2 is 2.32 bits per heavy atom. The summed E-state index contributed by atoms with van der Waals surface area (Å²) < 4.78 is 10.6. The average Bonchev–Trinajstić information content (AvgIpc) is 2.38. The average molecular weight is 265 g/mol. The SMILES string of the molecule is CC(C)(C)OC(=O)c1ccnc(C2COCCN2)n1. The second-order valence-corrected chi connectivity index (χ2v) is 5.38. The van der Waals surface area contributed by atoms with E-state index in [1.54, 1.807) is 12.3 Å². The Morgan fingerprint density at radius 1 is 1.53 bits per heavy atom. The van der Waals surface area contributed by atoms with Crippen LogP contribution in [0.2, 0.25) is 0 Å². The van der Waals surface area contributed by atoms with E-state index in [0.717, 1.165) is 6.54 Å². The molecule has 1 N–H and O–H groups in total. The van der Waals surface area contributed by atoms with Crippen molar-refractivity contribution in [1.82, 2.24) is 15.3 Å². The Kier molecular flexibility index (Phi) is 4.11. The largest absolute Gasteiger partial charge is 0.455 e. The van der Waals surface area contributed by atoms with E-state index in [9.17, 15) is 4.79 Å². The molecular weight excluding hydrogens is 246 g/mol. The van der Waals surface area contributed by atoms with Crippen molar-refractivity contribution in [2.24, 2.45) is 0 Å². The molecule has 2 heterocycles. The highest BCUT2D eigenvalue weighted by Crippen LogP contribution is 2.14. The Bertz CT molecular complexity index is 451. The van der Waals surface area contributed by atoms with Crippen molar-refractivity contribution in [3.05, 3.63) is 23.8 Å². The number of nitrogens with one attached hydrogen (secondary N) is 1. The third-order valence-corrected chi connectivity index (χ3v) is 2.52. The molecule has 19 heavy (non-hydrogen) atoms. The van der Waals surface area contributed by atoms with Gasteiger partial charge in [-0.25, -0.2) is 14.8 Å². The molecule has 0 radical (unpaired) electrons. The fourth-order valence-corrected chi connectivity index (χ4v) is 1.72. The second-order valence-electron chi connectivity index (χ2n) is 5.38. The van der Waals surface area contributed by atoms with Crippen molar-refractivity contribution in [2.45, 2.75) is 32.4 Å². The predicted octanol–water partition coefficient (Wildman–Crippen LogP) is 1.09.